The highest BCUT2D eigenvalue weighted by molar-refractivity contribution is 7.99. The molecular weight excluding hydrogens is 346 g/mol. The van der Waals surface area contributed by atoms with E-state index in [1.165, 1.54) is 54.2 Å². The van der Waals surface area contributed by atoms with Crippen molar-refractivity contribution in [1.29, 1.82) is 0 Å². The van der Waals surface area contributed by atoms with Crippen molar-refractivity contribution in [1.82, 2.24) is 4.98 Å². The third kappa shape index (κ3) is 3.77. The number of pyridine rings is 1. The van der Waals surface area contributed by atoms with Crippen molar-refractivity contribution in [3.05, 3.63) is 71.9 Å². The molecular formula is C18H12F2N2O2S. The summed E-state index contributed by atoms with van der Waals surface area (Å²) in [7, 11) is 0. The summed E-state index contributed by atoms with van der Waals surface area (Å²) in [6.45, 7) is 0. The summed E-state index contributed by atoms with van der Waals surface area (Å²) >= 11 is 1.26. The molecule has 0 aliphatic carbocycles. The van der Waals surface area contributed by atoms with Gasteiger partial charge < -0.3 is 10.8 Å². The van der Waals surface area contributed by atoms with Gasteiger partial charge in [-0.2, -0.15) is 0 Å². The fraction of sp³-hybridized carbons (Fsp3) is 0. The van der Waals surface area contributed by atoms with Gasteiger partial charge in [-0.05, 0) is 54.6 Å². The summed E-state index contributed by atoms with van der Waals surface area (Å²) in [5, 5.41) is 9.24. The second-order valence-electron chi connectivity index (χ2n) is 5.14. The van der Waals surface area contributed by atoms with Crippen LogP contribution in [0.1, 0.15) is 10.5 Å². The topological polar surface area (TPSA) is 76.2 Å². The number of halogens is 2. The van der Waals surface area contributed by atoms with E-state index in [0.29, 0.717) is 16.2 Å². The third-order valence-electron chi connectivity index (χ3n) is 3.38. The molecule has 25 heavy (non-hydrogen) atoms. The first kappa shape index (κ1) is 16.9. The zero-order chi connectivity index (χ0) is 18.0. The Hall–Kier alpha value is -2.93. The van der Waals surface area contributed by atoms with Gasteiger partial charge in [0.15, 0.2) is 5.69 Å². The fourth-order valence-electron chi connectivity index (χ4n) is 2.20. The van der Waals surface area contributed by atoms with Crippen LogP contribution in [0.2, 0.25) is 0 Å². The minimum absolute atomic E-state index is 0.0166. The minimum Gasteiger partial charge on any atom is -0.476 e. The molecule has 126 valence electrons. The first-order valence-corrected chi connectivity index (χ1v) is 7.99. The maximum atomic E-state index is 13.2. The van der Waals surface area contributed by atoms with E-state index in [1.54, 1.807) is 12.1 Å². The van der Waals surface area contributed by atoms with Crippen LogP contribution in [0.25, 0.3) is 11.3 Å². The highest BCUT2D eigenvalue weighted by atomic mass is 32.2. The number of carbonyl (C=O) groups is 1. The van der Waals surface area contributed by atoms with Crippen LogP contribution < -0.4 is 5.73 Å². The predicted octanol–water partition coefficient (Wildman–Crippen LogP) is 4.46. The number of rotatable bonds is 4. The lowest BCUT2D eigenvalue weighted by Crippen LogP contribution is -2.07. The minimum atomic E-state index is -1.25. The molecule has 1 heterocycles. The van der Waals surface area contributed by atoms with E-state index < -0.39 is 11.8 Å². The van der Waals surface area contributed by atoms with E-state index >= 15 is 0 Å². The van der Waals surface area contributed by atoms with Crippen molar-refractivity contribution in [2.75, 3.05) is 5.73 Å². The average molecular weight is 358 g/mol. The number of nitrogens with zero attached hydrogens (tertiary/aromatic N) is 1. The molecule has 4 nitrogen and oxygen atoms in total. The van der Waals surface area contributed by atoms with Gasteiger partial charge in [0.05, 0.1) is 11.4 Å². The zero-order valence-corrected chi connectivity index (χ0v) is 13.6. The number of hydrogen-bond acceptors (Lipinski definition) is 4. The summed E-state index contributed by atoms with van der Waals surface area (Å²) in [6.07, 6.45) is 0. The molecule has 3 N–H and O–H groups in total. The second-order valence-corrected chi connectivity index (χ2v) is 6.26. The molecule has 1 aromatic heterocycles. The van der Waals surface area contributed by atoms with Gasteiger partial charge in [0.1, 0.15) is 11.6 Å². The molecule has 0 atom stereocenters. The van der Waals surface area contributed by atoms with E-state index in [9.17, 15) is 18.7 Å². The van der Waals surface area contributed by atoms with Crippen LogP contribution in [-0.4, -0.2) is 16.1 Å². The van der Waals surface area contributed by atoms with E-state index in [1.807, 2.05) is 0 Å². The SMILES string of the molecule is Nc1cc(Sc2ccc(F)cc2)c(-c2ccc(F)cc2)nc1C(=O)O. The van der Waals surface area contributed by atoms with Gasteiger partial charge >= 0.3 is 5.97 Å². The second kappa shape index (κ2) is 6.90. The fourth-order valence-corrected chi connectivity index (χ4v) is 3.17. The first-order chi connectivity index (χ1) is 11.9. The number of aromatic carboxylic acids is 1. The highest BCUT2D eigenvalue weighted by Crippen LogP contribution is 2.37. The lowest BCUT2D eigenvalue weighted by atomic mass is 10.1. The van der Waals surface area contributed by atoms with E-state index in [4.69, 9.17) is 5.73 Å². The number of carboxylic acid groups (broad SMARTS) is 1. The lowest BCUT2D eigenvalue weighted by Gasteiger charge is -2.12. The number of nitrogen functional groups attached to an aromatic ring is 1. The lowest BCUT2D eigenvalue weighted by molar-refractivity contribution is 0.0692. The van der Waals surface area contributed by atoms with Crippen molar-refractivity contribution in [2.45, 2.75) is 9.79 Å². The van der Waals surface area contributed by atoms with Gasteiger partial charge in [-0.15, -0.1) is 0 Å². The Morgan fingerprint density at radius 1 is 1.00 bits per heavy atom. The van der Waals surface area contributed by atoms with Gasteiger partial charge in [-0.1, -0.05) is 11.8 Å². The molecule has 3 aromatic rings. The quantitative estimate of drug-likeness (QED) is 0.720. The van der Waals surface area contributed by atoms with Crippen molar-refractivity contribution < 1.29 is 18.7 Å². The molecule has 7 heteroatoms. The Labute approximate surface area is 146 Å². The molecule has 0 spiro atoms. The van der Waals surface area contributed by atoms with Gasteiger partial charge in [0.2, 0.25) is 0 Å². The largest absolute Gasteiger partial charge is 0.476 e. The van der Waals surface area contributed by atoms with E-state index in [0.717, 1.165) is 4.90 Å². The van der Waals surface area contributed by atoms with Crippen LogP contribution in [0.3, 0.4) is 0 Å². The first-order valence-electron chi connectivity index (χ1n) is 7.17. The summed E-state index contributed by atoms with van der Waals surface area (Å²) in [6, 6.07) is 12.9. The van der Waals surface area contributed by atoms with Crippen LogP contribution >= 0.6 is 11.8 Å². The third-order valence-corrected chi connectivity index (χ3v) is 4.42. The molecule has 0 unspecified atom stereocenters. The van der Waals surface area contributed by atoms with Gasteiger partial charge in [-0.3, -0.25) is 0 Å². The van der Waals surface area contributed by atoms with Crippen LogP contribution in [0, 0.1) is 11.6 Å². The number of hydrogen-bond donors (Lipinski definition) is 2. The van der Waals surface area contributed by atoms with Crippen molar-refractivity contribution in [3.8, 4) is 11.3 Å². The van der Waals surface area contributed by atoms with Crippen LogP contribution in [0.5, 0.6) is 0 Å². The number of carboxylic acids is 1. The number of benzene rings is 2. The molecule has 0 amide bonds. The highest BCUT2D eigenvalue weighted by Gasteiger charge is 2.17. The smallest absolute Gasteiger partial charge is 0.356 e. The van der Waals surface area contributed by atoms with Crippen molar-refractivity contribution >= 4 is 23.4 Å². The molecule has 0 aliphatic rings. The molecule has 0 aliphatic heterocycles. The Morgan fingerprint density at radius 3 is 2.12 bits per heavy atom. The Morgan fingerprint density at radius 2 is 1.56 bits per heavy atom. The molecule has 0 fully saturated rings. The normalized spacial score (nSPS) is 10.6. The monoisotopic (exact) mass is 358 g/mol. The molecule has 0 radical (unpaired) electrons. The summed E-state index contributed by atoms with van der Waals surface area (Å²) in [5.74, 6) is -2.02. The van der Waals surface area contributed by atoms with Gasteiger partial charge in [0.25, 0.3) is 0 Å². The Kier molecular flexibility index (Phi) is 4.67. The van der Waals surface area contributed by atoms with E-state index in [-0.39, 0.29) is 17.2 Å². The van der Waals surface area contributed by atoms with Crippen LogP contribution in [0.15, 0.2) is 64.4 Å². The predicted molar refractivity (Wildman–Crippen MR) is 91.5 cm³/mol. The molecule has 2 aromatic carbocycles. The molecule has 0 saturated heterocycles. The van der Waals surface area contributed by atoms with Crippen molar-refractivity contribution in [2.24, 2.45) is 0 Å². The number of anilines is 1. The van der Waals surface area contributed by atoms with Crippen molar-refractivity contribution in [3.63, 3.8) is 0 Å². The Balaban J connectivity index is 2.11. The van der Waals surface area contributed by atoms with E-state index in [2.05, 4.69) is 4.98 Å². The zero-order valence-electron chi connectivity index (χ0n) is 12.7. The molecule has 3 rings (SSSR count). The molecule has 0 saturated carbocycles. The van der Waals surface area contributed by atoms with Crippen LogP contribution in [0.4, 0.5) is 14.5 Å². The summed E-state index contributed by atoms with van der Waals surface area (Å²) < 4.78 is 26.3. The maximum absolute atomic E-state index is 13.2. The summed E-state index contributed by atoms with van der Waals surface area (Å²) in [4.78, 5) is 16.8. The summed E-state index contributed by atoms with van der Waals surface area (Å²) in [5.41, 5.74) is 6.45. The van der Waals surface area contributed by atoms with Gasteiger partial charge in [0, 0.05) is 15.4 Å². The number of nitrogens with two attached hydrogens (primary N) is 1. The van der Waals surface area contributed by atoms with Gasteiger partial charge in [-0.25, -0.2) is 18.6 Å². The number of aromatic nitrogens is 1. The van der Waals surface area contributed by atoms with Crippen LogP contribution in [-0.2, 0) is 0 Å². The maximum Gasteiger partial charge on any atom is 0.356 e. The standard InChI is InChI=1S/C18H12F2N2O2S/c19-11-3-1-10(2-4-11)16-15(9-14(21)17(22-16)18(23)24)25-13-7-5-12(20)6-8-13/h1-9H,21H2,(H,23,24). The Bertz CT molecular complexity index is 929. The average Bonchev–Trinajstić information content (AvgIpc) is 2.58. The molecule has 0 bridgehead atoms.